The van der Waals surface area contributed by atoms with Crippen molar-refractivity contribution in [1.82, 2.24) is 4.90 Å². The van der Waals surface area contributed by atoms with Crippen molar-refractivity contribution in [3.8, 4) is 0 Å². The molecule has 1 aromatic rings. The Morgan fingerprint density at radius 1 is 1.08 bits per heavy atom. The molecule has 1 atom stereocenters. The van der Waals surface area contributed by atoms with Gasteiger partial charge in [-0.05, 0) is 49.1 Å². The lowest BCUT2D eigenvalue weighted by Crippen LogP contribution is -2.41. The van der Waals surface area contributed by atoms with E-state index < -0.39 is 5.97 Å². The van der Waals surface area contributed by atoms with E-state index >= 15 is 0 Å². The van der Waals surface area contributed by atoms with Crippen LogP contribution < -0.4 is 0 Å². The summed E-state index contributed by atoms with van der Waals surface area (Å²) in [5, 5.41) is 9.34. The molecule has 3 rings (SSSR count). The summed E-state index contributed by atoms with van der Waals surface area (Å²) < 4.78 is 0. The van der Waals surface area contributed by atoms with Crippen LogP contribution in [0.4, 0.5) is 0 Å². The molecule has 4 nitrogen and oxygen atoms in total. The van der Waals surface area contributed by atoms with Gasteiger partial charge in [-0.1, -0.05) is 50.8 Å². The second kappa shape index (κ2) is 8.70. The number of amides is 1. The van der Waals surface area contributed by atoms with E-state index in [1.807, 2.05) is 17.0 Å². The number of carboxylic acid groups (broad SMARTS) is 1. The Hall–Kier alpha value is -1.84. The van der Waals surface area contributed by atoms with Crippen LogP contribution in [-0.2, 0) is 11.2 Å². The van der Waals surface area contributed by atoms with Crippen molar-refractivity contribution in [2.45, 2.75) is 58.3 Å². The van der Waals surface area contributed by atoms with Crippen molar-refractivity contribution in [2.75, 3.05) is 13.1 Å². The fourth-order valence-electron chi connectivity index (χ4n) is 4.73. The van der Waals surface area contributed by atoms with E-state index in [2.05, 4.69) is 6.92 Å². The molecule has 4 heteroatoms. The van der Waals surface area contributed by atoms with Crippen LogP contribution in [0.5, 0.6) is 0 Å². The summed E-state index contributed by atoms with van der Waals surface area (Å²) >= 11 is 0. The molecule has 1 saturated heterocycles. The van der Waals surface area contributed by atoms with Gasteiger partial charge in [0.2, 0.25) is 5.91 Å². The minimum Gasteiger partial charge on any atom is -0.478 e. The standard InChI is InChI=1S/C22H31NO3/c1-16(14-17-6-2-3-7-17)21(24)23-12-10-18(11-13-23)15-19-8-4-5-9-20(19)22(25)26/h4-5,8-9,16-18H,2-3,6-7,10-15H2,1H3,(H,25,26). The first kappa shape index (κ1) is 18.9. The van der Waals surface area contributed by atoms with Crippen molar-refractivity contribution < 1.29 is 14.7 Å². The summed E-state index contributed by atoms with van der Waals surface area (Å²) in [6.45, 7) is 3.72. The number of rotatable bonds is 6. The molecule has 1 aromatic carbocycles. The molecule has 0 radical (unpaired) electrons. The molecule has 1 aliphatic heterocycles. The van der Waals surface area contributed by atoms with E-state index in [1.54, 1.807) is 12.1 Å². The molecule has 1 saturated carbocycles. The van der Waals surface area contributed by atoms with Crippen LogP contribution >= 0.6 is 0 Å². The zero-order valence-corrected chi connectivity index (χ0v) is 15.8. The zero-order valence-electron chi connectivity index (χ0n) is 15.8. The van der Waals surface area contributed by atoms with Crippen molar-refractivity contribution in [3.63, 3.8) is 0 Å². The Bertz CT molecular complexity index is 628. The van der Waals surface area contributed by atoms with Crippen molar-refractivity contribution in [3.05, 3.63) is 35.4 Å². The van der Waals surface area contributed by atoms with Gasteiger partial charge in [0.15, 0.2) is 0 Å². The lowest BCUT2D eigenvalue weighted by molar-refractivity contribution is -0.137. The smallest absolute Gasteiger partial charge is 0.335 e. The molecule has 1 aliphatic carbocycles. The molecule has 2 fully saturated rings. The number of hydrogen-bond donors (Lipinski definition) is 1. The lowest BCUT2D eigenvalue weighted by atomic mass is 9.87. The first-order chi connectivity index (χ1) is 12.5. The molecular formula is C22H31NO3. The lowest BCUT2D eigenvalue weighted by Gasteiger charge is -2.34. The summed E-state index contributed by atoms with van der Waals surface area (Å²) in [4.78, 5) is 26.2. The first-order valence-electron chi connectivity index (χ1n) is 10.1. The maximum absolute atomic E-state index is 12.7. The van der Waals surface area contributed by atoms with Crippen LogP contribution in [0.1, 0.15) is 67.8 Å². The maximum Gasteiger partial charge on any atom is 0.335 e. The Labute approximate surface area is 156 Å². The van der Waals surface area contributed by atoms with Gasteiger partial charge in [0.25, 0.3) is 0 Å². The third kappa shape index (κ3) is 4.66. The number of carboxylic acids is 1. The largest absolute Gasteiger partial charge is 0.478 e. The normalized spacial score (nSPS) is 20.3. The molecule has 2 aliphatic rings. The van der Waals surface area contributed by atoms with E-state index in [1.165, 1.54) is 25.7 Å². The second-order valence-corrected chi connectivity index (χ2v) is 8.22. The van der Waals surface area contributed by atoms with Crippen LogP contribution in [0, 0.1) is 17.8 Å². The molecule has 0 bridgehead atoms. The van der Waals surface area contributed by atoms with Crippen molar-refractivity contribution in [1.29, 1.82) is 0 Å². The number of carbonyl (C=O) groups excluding carboxylic acids is 1. The zero-order chi connectivity index (χ0) is 18.5. The summed E-state index contributed by atoms with van der Waals surface area (Å²) in [7, 11) is 0. The van der Waals surface area contributed by atoms with Crippen LogP contribution in [-0.4, -0.2) is 35.0 Å². The van der Waals surface area contributed by atoms with E-state index in [0.717, 1.165) is 50.3 Å². The Balaban J connectivity index is 1.49. The van der Waals surface area contributed by atoms with Gasteiger partial charge in [-0.15, -0.1) is 0 Å². The molecule has 1 heterocycles. The first-order valence-corrected chi connectivity index (χ1v) is 10.1. The molecular weight excluding hydrogens is 326 g/mol. The third-order valence-electron chi connectivity index (χ3n) is 6.27. The number of benzene rings is 1. The monoisotopic (exact) mass is 357 g/mol. The minimum atomic E-state index is -0.853. The number of nitrogens with zero attached hydrogens (tertiary/aromatic N) is 1. The van der Waals surface area contributed by atoms with Crippen LogP contribution in [0.15, 0.2) is 24.3 Å². The fourth-order valence-corrected chi connectivity index (χ4v) is 4.73. The van der Waals surface area contributed by atoms with Gasteiger partial charge in [-0.2, -0.15) is 0 Å². The molecule has 0 spiro atoms. The van der Waals surface area contributed by atoms with Crippen LogP contribution in [0.3, 0.4) is 0 Å². The molecule has 0 aromatic heterocycles. The van der Waals surface area contributed by atoms with E-state index in [0.29, 0.717) is 17.4 Å². The highest BCUT2D eigenvalue weighted by Gasteiger charge is 2.28. The average Bonchev–Trinajstić information content (AvgIpc) is 3.15. The average molecular weight is 357 g/mol. The fraction of sp³-hybridized carbons (Fsp3) is 0.636. The van der Waals surface area contributed by atoms with Gasteiger partial charge in [-0.25, -0.2) is 4.79 Å². The minimum absolute atomic E-state index is 0.141. The number of piperidine rings is 1. The summed E-state index contributed by atoms with van der Waals surface area (Å²) in [5.41, 5.74) is 1.33. The van der Waals surface area contributed by atoms with Crippen molar-refractivity contribution in [2.24, 2.45) is 17.8 Å². The van der Waals surface area contributed by atoms with Gasteiger partial charge in [-0.3, -0.25) is 4.79 Å². The number of aromatic carboxylic acids is 1. The SMILES string of the molecule is CC(CC1CCCC1)C(=O)N1CCC(Cc2ccccc2C(=O)O)CC1. The predicted octanol–water partition coefficient (Wildman–Crippen LogP) is 4.38. The second-order valence-electron chi connectivity index (χ2n) is 8.22. The molecule has 1 amide bonds. The Kier molecular flexibility index (Phi) is 6.33. The summed E-state index contributed by atoms with van der Waals surface area (Å²) in [6, 6.07) is 7.29. The number of likely N-dealkylation sites (tertiary alicyclic amines) is 1. The molecule has 1 N–H and O–H groups in total. The topological polar surface area (TPSA) is 57.6 Å². The van der Waals surface area contributed by atoms with Crippen LogP contribution in [0.25, 0.3) is 0 Å². The van der Waals surface area contributed by atoms with E-state index in [4.69, 9.17) is 0 Å². The highest BCUT2D eigenvalue weighted by Crippen LogP contribution is 2.31. The molecule has 26 heavy (non-hydrogen) atoms. The van der Waals surface area contributed by atoms with Gasteiger partial charge < -0.3 is 10.0 Å². The van der Waals surface area contributed by atoms with E-state index in [-0.39, 0.29) is 5.92 Å². The summed E-state index contributed by atoms with van der Waals surface area (Å²) in [6.07, 6.45) is 9.02. The summed E-state index contributed by atoms with van der Waals surface area (Å²) in [5.74, 6) is 0.821. The maximum atomic E-state index is 12.7. The molecule has 1 unspecified atom stereocenters. The quantitative estimate of drug-likeness (QED) is 0.822. The van der Waals surface area contributed by atoms with Gasteiger partial charge in [0.1, 0.15) is 0 Å². The van der Waals surface area contributed by atoms with E-state index in [9.17, 15) is 14.7 Å². The number of hydrogen-bond acceptors (Lipinski definition) is 2. The van der Waals surface area contributed by atoms with Crippen LogP contribution in [0.2, 0.25) is 0 Å². The Morgan fingerprint density at radius 3 is 2.38 bits per heavy atom. The predicted molar refractivity (Wildman–Crippen MR) is 102 cm³/mol. The third-order valence-corrected chi connectivity index (χ3v) is 6.27. The van der Waals surface area contributed by atoms with Gasteiger partial charge in [0.05, 0.1) is 5.56 Å². The van der Waals surface area contributed by atoms with Gasteiger partial charge >= 0.3 is 5.97 Å². The Morgan fingerprint density at radius 2 is 1.73 bits per heavy atom. The van der Waals surface area contributed by atoms with Crippen molar-refractivity contribution >= 4 is 11.9 Å². The highest BCUT2D eigenvalue weighted by molar-refractivity contribution is 5.89. The van der Waals surface area contributed by atoms with Gasteiger partial charge in [0, 0.05) is 19.0 Å². The molecule has 142 valence electrons. The number of carbonyl (C=O) groups is 2. The highest BCUT2D eigenvalue weighted by atomic mass is 16.4.